The Hall–Kier alpha value is -2.04. The van der Waals surface area contributed by atoms with Crippen LogP contribution in [0, 0.1) is 0 Å². The average Bonchev–Trinajstić information content (AvgIpc) is 2.58. The number of rotatable bonds is 2. The number of aromatic carboxylic acids is 1. The molecule has 1 heterocycles. The molecule has 0 spiro atoms. The lowest BCUT2D eigenvalue weighted by Gasteiger charge is -1.92. The van der Waals surface area contributed by atoms with E-state index in [4.69, 9.17) is 9.94 Å². The SMILES string of the molecule is COn1cc2cc(C(=O)O)ccc2n1. The summed E-state index contributed by atoms with van der Waals surface area (Å²) < 4.78 is 0. The third-order valence-electron chi connectivity index (χ3n) is 1.92. The van der Waals surface area contributed by atoms with Crippen LogP contribution in [0.4, 0.5) is 0 Å². The maximum absolute atomic E-state index is 10.7. The highest BCUT2D eigenvalue weighted by Crippen LogP contribution is 2.13. The van der Waals surface area contributed by atoms with Gasteiger partial charge in [0.05, 0.1) is 17.3 Å². The van der Waals surface area contributed by atoms with Gasteiger partial charge in [0, 0.05) is 5.39 Å². The van der Waals surface area contributed by atoms with Gasteiger partial charge in [-0.3, -0.25) is 0 Å². The van der Waals surface area contributed by atoms with Gasteiger partial charge in [0.1, 0.15) is 7.11 Å². The van der Waals surface area contributed by atoms with Gasteiger partial charge in [-0.05, 0) is 18.2 Å². The molecular formula is C9H8N2O3. The molecule has 0 atom stereocenters. The van der Waals surface area contributed by atoms with Crippen molar-refractivity contribution in [1.29, 1.82) is 0 Å². The standard InChI is InChI=1S/C9H8N2O3/c1-14-11-5-7-4-6(9(12)13)2-3-8(7)10-11/h2-5H,1H3,(H,12,13). The maximum Gasteiger partial charge on any atom is 0.335 e. The molecule has 72 valence electrons. The molecule has 0 radical (unpaired) electrons. The number of aromatic nitrogens is 2. The Morgan fingerprint density at radius 3 is 3.00 bits per heavy atom. The van der Waals surface area contributed by atoms with Crippen molar-refractivity contribution in [2.24, 2.45) is 0 Å². The van der Waals surface area contributed by atoms with E-state index < -0.39 is 5.97 Å². The van der Waals surface area contributed by atoms with Crippen LogP contribution in [0.5, 0.6) is 0 Å². The van der Waals surface area contributed by atoms with Crippen LogP contribution in [-0.4, -0.2) is 28.1 Å². The number of carboxylic acid groups (broad SMARTS) is 1. The average molecular weight is 192 g/mol. The molecule has 0 fully saturated rings. The molecule has 2 aromatic rings. The Bertz CT molecular complexity index is 490. The number of hydrogen-bond acceptors (Lipinski definition) is 3. The van der Waals surface area contributed by atoms with Gasteiger partial charge in [-0.2, -0.15) is 0 Å². The van der Waals surface area contributed by atoms with Crippen molar-refractivity contribution in [2.45, 2.75) is 0 Å². The molecule has 1 aromatic carbocycles. The Morgan fingerprint density at radius 1 is 1.57 bits per heavy atom. The minimum atomic E-state index is -0.947. The lowest BCUT2D eigenvalue weighted by molar-refractivity contribution is 0.0697. The van der Waals surface area contributed by atoms with E-state index in [9.17, 15) is 4.79 Å². The highest BCUT2D eigenvalue weighted by atomic mass is 16.7. The van der Waals surface area contributed by atoms with Crippen LogP contribution in [0.15, 0.2) is 24.4 Å². The van der Waals surface area contributed by atoms with Gasteiger partial charge < -0.3 is 9.94 Å². The molecule has 5 heteroatoms. The Balaban J connectivity index is 2.59. The molecule has 14 heavy (non-hydrogen) atoms. The maximum atomic E-state index is 10.7. The monoisotopic (exact) mass is 192 g/mol. The molecular weight excluding hydrogens is 184 g/mol. The van der Waals surface area contributed by atoms with E-state index >= 15 is 0 Å². The summed E-state index contributed by atoms with van der Waals surface area (Å²) in [5.41, 5.74) is 0.949. The Labute approximate surface area is 79.5 Å². The number of carbonyl (C=O) groups is 1. The fourth-order valence-electron chi connectivity index (χ4n) is 1.23. The lowest BCUT2D eigenvalue weighted by Crippen LogP contribution is -2.04. The first kappa shape index (κ1) is 8.55. The fraction of sp³-hybridized carbons (Fsp3) is 0.111. The molecule has 1 aromatic heterocycles. The van der Waals surface area contributed by atoms with Crippen LogP contribution in [0.2, 0.25) is 0 Å². The van der Waals surface area contributed by atoms with Gasteiger partial charge in [0.15, 0.2) is 0 Å². The third kappa shape index (κ3) is 1.28. The minimum Gasteiger partial charge on any atom is -0.478 e. The first-order valence-electron chi connectivity index (χ1n) is 3.98. The quantitative estimate of drug-likeness (QED) is 0.764. The summed E-state index contributed by atoms with van der Waals surface area (Å²) in [7, 11) is 1.49. The fourth-order valence-corrected chi connectivity index (χ4v) is 1.23. The van der Waals surface area contributed by atoms with Crippen LogP contribution in [0.3, 0.4) is 0 Å². The molecule has 0 aliphatic carbocycles. The summed E-state index contributed by atoms with van der Waals surface area (Å²) in [6.07, 6.45) is 1.63. The molecule has 0 amide bonds. The summed E-state index contributed by atoms with van der Waals surface area (Å²) in [5.74, 6) is -0.947. The summed E-state index contributed by atoms with van der Waals surface area (Å²) in [4.78, 5) is 16.8. The van der Waals surface area contributed by atoms with Crippen LogP contribution in [-0.2, 0) is 0 Å². The molecule has 5 nitrogen and oxygen atoms in total. The zero-order valence-electron chi connectivity index (χ0n) is 7.47. The molecule has 0 aliphatic heterocycles. The van der Waals surface area contributed by atoms with Crippen LogP contribution >= 0.6 is 0 Å². The van der Waals surface area contributed by atoms with Crippen molar-refractivity contribution in [3.63, 3.8) is 0 Å². The largest absolute Gasteiger partial charge is 0.478 e. The molecule has 0 unspecified atom stereocenters. The highest BCUT2D eigenvalue weighted by molar-refractivity contribution is 5.93. The molecule has 0 bridgehead atoms. The number of benzene rings is 1. The topological polar surface area (TPSA) is 64.3 Å². The minimum absolute atomic E-state index is 0.244. The summed E-state index contributed by atoms with van der Waals surface area (Å²) in [6, 6.07) is 4.71. The summed E-state index contributed by atoms with van der Waals surface area (Å²) in [6.45, 7) is 0. The zero-order chi connectivity index (χ0) is 10.1. The summed E-state index contributed by atoms with van der Waals surface area (Å²) >= 11 is 0. The van der Waals surface area contributed by atoms with Gasteiger partial charge >= 0.3 is 5.97 Å². The van der Waals surface area contributed by atoms with Crippen molar-refractivity contribution in [3.8, 4) is 0 Å². The van der Waals surface area contributed by atoms with E-state index in [0.29, 0.717) is 5.52 Å². The van der Waals surface area contributed by atoms with Crippen molar-refractivity contribution in [2.75, 3.05) is 7.11 Å². The molecule has 0 saturated carbocycles. The zero-order valence-corrected chi connectivity index (χ0v) is 7.47. The Morgan fingerprint density at radius 2 is 2.36 bits per heavy atom. The van der Waals surface area contributed by atoms with Crippen molar-refractivity contribution in [1.82, 2.24) is 9.94 Å². The van der Waals surface area contributed by atoms with E-state index in [1.165, 1.54) is 18.0 Å². The van der Waals surface area contributed by atoms with Gasteiger partial charge in [-0.15, -0.1) is 9.94 Å². The predicted molar refractivity (Wildman–Crippen MR) is 49.2 cm³/mol. The van der Waals surface area contributed by atoms with Gasteiger partial charge in [0.25, 0.3) is 0 Å². The summed E-state index contributed by atoms with van der Waals surface area (Å²) in [5, 5.41) is 13.5. The van der Waals surface area contributed by atoms with Gasteiger partial charge in [0.2, 0.25) is 0 Å². The van der Waals surface area contributed by atoms with Gasteiger partial charge in [-0.1, -0.05) is 0 Å². The normalized spacial score (nSPS) is 10.4. The van der Waals surface area contributed by atoms with Crippen LogP contribution in [0.1, 0.15) is 10.4 Å². The van der Waals surface area contributed by atoms with E-state index in [-0.39, 0.29) is 5.56 Å². The van der Waals surface area contributed by atoms with E-state index in [1.807, 2.05) is 0 Å². The first-order chi connectivity index (χ1) is 6.70. The van der Waals surface area contributed by atoms with Crippen LogP contribution < -0.4 is 4.84 Å². The van der Waals surface area contributed by atoms with E-state index in [1.54, 1.807) is 18.3 Å². The first-order valence-corrected chi connectivity index (χ1v) is 3.98. The third-order valence-corrected chi connectivity index (χ3v) is 1.92. The smallest absolute Gasteiger partial charge is 0.335 e. The molecule has 2 rings (SSSR count). The molecule has 0 aliphatic rings. The highest BCUT2D eigenvalue weighted by Gasteiger charge is 2.06. The van der Waals surface area contributed by atoms with Crippen LogP contribution in [0.25, 0.3) is 10.9 Å². The van der Waals surface area contributed by atoms with E-state index in [0.717, 1.165) is 5.39 Å². The predicted octanol–water partition coefficient (Wildman–Crippen LogP) is 0.793. The second-order valence-corrected chi connectivity index (χ2v) is 2.79. The van der Waals surface area contributed by atoms with Crippen molar-refractivity contribution < 1.29 is 14.7 Å². The van der Waals surface area contributed by atoms with Crippen molar-refractivity contribution >= 4 is 16.9 Å². The molecule has 0 saturated heterocycles. The van der Waals surface area contributed by atoms with Gasteiger partial charge in [-0.25, -0.2) is 4.79 Å². The second kappa shape index (κ2) is 3.02. The number of hydrogen-bond donors (Lipinski definition) is 1. The van der Waals surface area contributed by atoms with Crippen molar-refractivity contribution in [3.05, 3.63) is 30.0 Å². The number of nitrogens with zero attached hydrogens (tertiary/aromatic N) is 2. The number of fused-ring (bicyclic) bond motifs is 1. The van der Waals surface area contributed by atoms with E-state index in [2.05, 4.69) is 5.10 Å². The second-order valence-electron chi connectivity index (χ2n) is 2.79. The Kier molecular flexibility index (Phi) is 1.85. The molecule has 1 N–H and O–H groups in total. The lowest BCUT2D eigenvalue weighted by atomic mass is 10.2. The number of carboxylic acids is 1.